The summed E-state index contributed by atoms with van der Waals surface area (Å²) in [6, 6.07) is 4.36. The van der Waals surface area contributed by atoms with Crippen LogP contribution < -0.4 is 2.14 Å². The van der Waals surface area contributed by atoms with E-state index in [1.807, 2.05) is 22.9 Å². The molecule has 1 rings (SSSR count). The van der Waals surface area contributed by atoms with Crippen molar-refractivity contribution in [2.45, 2.75) is 0 Å². The maximum absolute atomic E-state index is 10.5. The molecule has 1 aromatic carbocycles. The van der Waals surface area contributed by atoms with Gasteiger partial charge in [-0.2, -0.15) is 0 Å². The molecule has 0 saturated carbocycles. The lowest BCUT2D eigenvalue weighted by Gasteiger charge is -2.07. The van der Waals surface area contributed by atoms with Crippen LogP contribution in [0.2, 0.25) is 5.02 Å². The Kier molecular flexibility index (Phi) is 3.74. The Bertz CT molecular complexity index is 347. The molecule has 13 heavy (non-hydrogen) atoms. The lowest BCUT2D eigenvalue weighted by atomic mass is 10.3. The van der Waals surface area contributed by atoms with E-state index < -0.39 is 4.92 Å². The van der Waals surface area contributed by atoms with E-state index in [0.29, 0.717) is 10.7 Å². The first kappa shape index (κ1) is 11.0. The van der Waals surface area contributed by atoms with E-state index in [0.717, 1.165) is 0 Å². The zero-order chi connectivity index (χ0) is 10.0. The molecule has 1 aromatic rings. The third-order valence-corrected chi connectivity index (χ3v) is 2.45. The van der Waals surface area contributed by atoms with Crippen molar-refractivity contribution in [2.75, 3.05) is 2.14 Å². The van der Waals surface area contributed by atoms with Gasteiger partial charge in [0.1, 0.15) is 5.69 Å². The molecule has 0 saturated heterocycles. The van der Waals surface area contributed by atoms with Crippen LogP contribution in [0, 0.1) is 10.1 Å². The molecular weight excluding hydrogens is 374 g/mol. The molecule has 0 amide bonds. The summed E-state index contributed by atoms with van der Waals surface area (Å²) in [7, 11) is 0. The van der Waals surface area contributed by atoms with Gasteiger partial charge in [0.15, 0.2) is 0 Å². The van der Waals surface area contributed by atoms with Gasteiger partial charge < -0.3 is 0 Å². The Labute approximate surface area is 102 Å². The van der Waals surface area contributed by atoms with Gasteiger partial charge in [-0.1, -0.05) is 11.6 Å². The van der Waals surface area contributed by atoms with Crippen LogP contribution in [0.3, 0.4) is 0 Å². The molecule has 0 aromatic heterocycles. The van der Waals surface area contributed by atoms with Crippen molar-refractivity contribution < 1.29 is 4.92 Å². The van der Waals surface area contributed by atoms with Crippen molar-refractivity contribution >= 4 is 62.0 Å². The van der Waals surface area contributed by atoms with Gasteiger partial charge in [-0.15, -0.1) is 0 Å². The number of anilines is 1. The summed E-state index contributed by atoms with van der Waals surface area (Å²) in [5.41, 5.74) is 0.425. The van der Waals surface area contributed by atoms with Crippen LogP contribution in [-0.2, 0) is 0 Å². The smallest absolute Gasteiger partial charge is 0.258 e. The number of rotatable bonds is 2. The van der Waals surface area contributed by atoms with Crippen molar-refractivity contribution in [1.82, 2.24) is 0 Å². The summed E-state index contributed by atoms with van der Waals surface area (Å²) in [6.45, 7) is 0. The largest absolute Gasteiger partial charge is 0.294 e. The van der Waals surface area contributed by atoms with Crippen LogP contribution in [0.4, 0.5) is 11.4 Å². The quantitative estimate of drug-likeness (QED) is 0.342. The molecule has 0 fully saturated rings. The normalized spacial score (nSPS) is 9.77. The van der Waals surface area contributed by atoms with E-state index in [9.17, 15) is 10.1 Å². The van der Waals surface area contributed by atoms with Gasteiger partial charge in [0.2, 0.25) is 0 Å². The molecule has 0 aliphatic heterocycles. The molecular formula is C6H3BrClIN2O2. The minimum absolute atomic E-state index is 0.00988. The van der Waals surface area contributed by atoms with E-state index in [-0.39, 0.29) is 5.69 Å². The highest BCUT2D eigenvalue weighted by atomic mass is 127. The van der Waals surface area contributed by atoms with Crippen molar-refractivity contribution in [3.63, 3.8) is 0 Å². The van der Waals surface area contributed by atoms with Crippen LogP contribution in [0.5, 0.6) is 0 Å². The average Bonchev–Trinajstić information content (AvgIpc) is 2.03. The van der Waals surface area contributed by atoms with Crippen molar-refractivity contribution in [2.24, 2.45) is 0 Å². The number of benzene rings is 1. The third kappa shape index (κ3) is 2.68. The minimum Gasteiger partial charge on any atom is -0.258 e. The van der Waals surface area contributed by atoms with Gasteiger partial charge in [-0.3, -0.25) is 10.1 Å². The summed E-state index contributed by atoms with van der Waals surface area (Å²) < 4.78 is 1.44. The zero-order valence-electron chi connectivity index (χ0n) is 6.08. The molecule has 0 aliphatic rings. The lowest BCUT2D eigenvalue weighted by Crippen LogP contribution is -1.97. The molecule has 7 heteroatoms. The van der Waals surface area contributed by atoms with Crippen molar-refractivity contribution in [3.05, 3.63) is 33.3 Å². The summed E-state index contributed by atoms with van der Waals surface area (Å²) in [4.78, 5) is 10.1. The van der Waals surface area contributed by atoms with Gasteiger partial charge in [0, 0.05) is 11.1 Å². The molecule has 4 nitrogen and oxygen atoms in total. The summed E-state index contributed by atoms with van der Waals surface area (Å²) in [6.07, 6.45) is 0. The second-order valence-corrected chi connectivity index (χ2v) is 5.56. The maximum atomic E-state index is 10.5. The minimum atomic E-state index is -0.460. The summed E-state index contributed by atoms with van der Waals surface area (Å²) in [5.74, 6) is 0. The highest BCUT2D eigenvalue weighted by Crippen LogP contribution is 2.34. The second kappa shape index (κ2) is 4.43. The fourth-order valence-corrected chi connectivity index (χ4v) is 1.62. The molecule has 0 radical (unpaired) electrons. The van der Waals surface area contributed by atoms with Crippen LogP contribution in [0.25, 0.3) is 0 Å². The van der Waals surface area contributed by atoms with E-state index in [1.165, 1.54) is 20.3 Å². The highest BCUT2D eigenvalue weighted by Gasteiger charge is 2.16. The molecule has 0 bridgehead atoms. The Hall–Kier alpha value is -0.0800. The molecule has 70 valence electrons. The maximum Gasteiger partial charge on any atom is 0.294 e. The average molecular weight is 377 g/mol. The predicted molar refractivity (Wildman–Crippen MR) is 63.5 cm³/mol. The van der Waals surface area contributed by atoms with Gasteiger partial charge in [0.25, 0.3) is 5.69 Å². The molecule has 0 spiro atoms. The van der Waals surface area contributed by atoms with Crippen LogP contribution >= 0.6 is 50.6 Å². The first-order chi connectivity index (χ1) is 6.02. The standard InChI is InChI=1S/C6H3BrClIN2O2/c7-10(9)6-3-4(8)1-2-5(6)11(12)13/h1-3H. The number of nitrogens with zero attached hydrogens (tertiary/aromatic N) is 2. The van der Waals surface area contributed by atoms with Gasteiger partial charge in [-0.05, 0) is 12.1 Å². The fraction of sp³-hybridized carbons (Fsp3) is 0. The van der Waals surface area contributed by atoms with Crippen LogP contribution in [0.15, 0.2) is 18.2 Å². The Morgan fingerprint density at radius 1 is 1.62 bits per heavy atom. The Balaban J connectivity index is 3.26. The Morgan fingerprint density at radius 2 is 2.23 bits per heavy atom. The fourth-order valence-electron chi connectivity index (χ4n) is 0.786. The topological polar surface area (TPSA) is 46.4 Å². The number of hydrogen-bond donors (Lipinski definition) is 0. The van der Waals surface area contributed by atoms with E-state index in [1.54, 1.807) is 0 Å². The number of hydrogen-bond acceptors (Lipinski definition) is 3. The Morgan fingerprint density at radius 3 is 2.69 bits per heavy atom. The number of nitro benzene ring substituents is 1. The molecule has 0 aliphatic carbocycles. The highest BCUT2D eigenvalue weighted by molar-refractivity contribution is 14.1. The number of nitro groups is 1. The third-order valence-electron chi connectivity index (χ3n) is 1.32. The van der Waals surface area contributed by atoms with Gasteiger partial charge in [0.05, 0.1) is 43.9 Å². The summed E-state index contributed by atoms with van der Waals surface area (Å²) in [5, 5.41) is 11.0. The first-order valence-electron chi connectivity index (χ1n) is 3.08. The van der Waals surface area contributed by atoms with E-state index in [4.69, 9.17) is 11.6 Å². The second-order valence-electron chi connectivity index (χ2n) is 2.12. The molecule has 0 atom stereocenters. The zero-order valence-corrected chi connectivity index (χ0v) is 10.6. The van der Waals surface area contributed by atoms with E-state index in [2.05, 4.69) is 16.1 Å². The first-order valence-corrected chi connectivity index (χ1v) is 5.13. The molecule has 0 unspecified atom stereocenters. The van der Waals surface area contributed by atoms with Gasteiger partial charge in [-0.25, -0.2) is 2.14 Å². The lowest BCUT2D eigenvalue weighted by molar-refractivity contribution is -0.384. The summed E-state index contributed by atoms with van der Waals surface area (Å²) >= 11 is 10.7. The van der Waals surface area contributed by atoms with Crippen molar-refractivity contribution in [3.8, 4) is 0 Å². The van der Waals surface area contributed by atoms with Gasteiger partial charge >= 0.3 is 0 Å². The predicted octanol–water partition coefficient (Wildman–Crippen LogP) is 3.71. The molecule has 0 heterocycles. The van der Waals surface area contributed by atoms with Crippen molar-refractivity contribution in [1.29, 1.82) is 0 Å². The monoisotopic (exact) mass is 376 g/mol. The van der Waals surface area contributed by atoms with Crippen LogP contribution in [0.1, 0.15) is 0 Å². The SMILES string of the molecule is O=[N+]([O-])c1ccc(Cl)cc1N(Br)I. The van der Waals surface area contributed by atoms with E-state index >= 15 is 0 Å². The number of halogens is 3. The molecule has 0 N–H and O–H groups in total. The van der Waals surface area contributed by atoms with Crippen LogP contribution in [-0.4, -0.2) is 4.92 Å².